The van der Waals surface area contributed by atoms with Gasteiger partial charge in [0.25, 0.3) is 5.69 Å². The van der Waals surface area contributed by atoms with E-state index in [-0.39, 0.29) is 18.0 Å². The molecule has 2 N–H and O–H groups in total. The fourth-order valence-electron chi connectivity index (χ4n) is 2.09. The third kappa shape index (κ3) is 3.35. The van der Waals surface area contributed by atoms with Crippen molar-refractivity contribution in [1.82, 2.24) is 5.32 Å². The Morgan fingerprint density at radius 3 is 2.52 bits per heavy atom. The lowest BCUT2D eigenvalue weighted by atomic mass is 10.1. The van der Waals surface area contributed by atoms with Crippen LogP contribution in [-0.2, 0) is 13.1 Å². The molecule has 6 heteroatoms. The molecule has 21 heavy (non-hydrogen) atoms. The largest absolute Gasteiger partial charge is 0.505 e. The Kier molecular flexibility index (Phi) is 4.49. The number of nitro groups is 1. The lowest BCUT2D eigenvalue weighted by molar-refractivity contribution is -0.385. The fraction of sp³-hybridized carbons (Fsp3) is 0.200. The molecule has 0 atom stereocenters. The van der Waals surface area contributed by atoms with Crippen molar-refractivity contribution in [2.75, 3.05) is 0 Å². The van der Waals surface area contributed by atoms with E-state index in [9.17, 15) is 19.6 Å². The first-order valence-electron chi connectivity index (χ1n) is 6.40. The topological polar surface area (TPSA) is 75.4 Å². The van der Waals surface area contributed by atoms with Gasteiger partial charge in [-0.3, -0.25) is 10.1 Å². The highest BCUT2D eigenvalue weighted by Gasteiger charge is 2.13. The molecular weight excluding hydrogens is 275 g/mol. The van der Waals surface area contributed by atoms with Crippen molar-refractivity contribution in [1.29, 1.82) is 0 Å². The van der Waals surface area contributed by atoms with Gasteiger partial charge in [-0.15, -0.1) is 0 Å². The number of phenols is 1. The quantitative estimate of drug-likeness (QED) is 0.655. The molecule has 0 heterocycles. The van der Waals surface area contributed by atoms with Crippen molar-refractivity contribution in [2.24, 2.45) is 0 Å². The van der Waals surface area contributed by atoms with E-state index in [4.69, 9.17) is 0 Å². The molecule has 110 valence electrons. The van der Waals surface area contributed by atoms with Gasteiger partial charge in [0.1, 0.15) is 0 Å². The fourth-order valence-corrected chi connectivity index (χ4v) is 2.09. The van der Waals surface area contributed by atoms with Crippen LogP contribution in [0.25, 0.3) is 0 Å². The molecule has 0 unspecified atom stereocenters. The number of hydrogen-bond donors (Lipinski definition) is 2. The van der Waals surface area contributed by atoms with Crippen molar-refractivity contribution >= 4 is 5.69 Å². The van der Waals surface area contributed by atoms with Gasteiger partial charge < -0.3 is 10.4 Å². The number of rotatable bonds is 5. The van der Waals surface area contributed by atoms with E-state index < -0.39 is 10.7 Å². The van der Waals surface area contributed by atoms with Crippen LogP contribution in [0.15, 0.2) is 36.4 Å². The van der Waals surface area contributed by atoms with E-state index in [0.717, 1.165) is 5.56 Å². The van der Waals surface area contributed by atoms with Crippen molar-refractivity contribution in [3.63, 3.8) is 0 Å². The van der Waals surface area contributed by atoms with Gasteiger partial charge in [0.15, 0.2) is 11.6 Å². The molecular formula is C15H15FN2O3. The molecule has 2 aromatic rings. The molecule has 0 radical (unpaired) electrons. The Balaban J connectivity index is 2.06. The predicted molar refractivity (Wildman–Crippen MR) is 76.4 cm³/mol. The Morgan fingerprint density at radius 2 is 1.81 bits per heavy atom. The Morgan fingerprint density at radius 1 is 1.19 bits per heavy atom. The first-order valence-corrected chi connectivity index (χ1v) is 6.40. The average molecular weight is 290 g/mol. The van der Waals surface area contributed by atoms with Crippen LogP contribution in [-0.4, -0.2) is 10.0 Å². The van der Waals surface area contributed by atoms with Crippen molar-refractivity contribution < 1.29 is 14.4 Å². The molecule has 0 aliphatic carbocycles. The maximum atomic E-state index is 13.2. The zero-order valence-electron chi connectivity index (χ0n) is 11.5. The first kappa shape index (κ1) is 14.9. The zero-order valence-corrected chi connectivity index (χ0v) is 11.5. The van der Waals surface area contributed by atoms with Crippen LogP contribution in [0.1, 0.15) is 16.7 Å². The second-order valence-corrected chi connectivity index (χ2v) is 4.67. The molecule has 2 rings (SSSR count). The van der Waals surface area contributed by atoms with E-state index in [1.807, 2.05) is 0 Å². The summed E-state index contributed by atoms with van der Waals surface area (Å²) in [6.07, 6.45) is 0. The van der Waals surface area contributed by atoms with E-state index in [0.29, 0.717) is 17.7 Å². The summed E-state index contributed by atoms with van der Waals surface area (Å²) in [4.78, 5) is 10.4. The minimum absolute atomic E-state index is 0.0721. The molecule has 0 aromatic heterocycles. The zero-order chi connectivity index (χ0) is 15.4. The van der Waals surface area contributed by atoms with E-state index in [2.05, 4.69) is 5.32 Å². The minimum atomic E-state index is -0.666. The summed E-state index contributed by atoms with van der Waals surface area (Å²) < 4.78 is 13.2. The number of phenolic OH excluding ortho intramolecular Hbond substituents is 1. The van der Waals surface area contributed by atoms with Crippen LogP contribution in [0, 0.1) is 22.9 Å². The molecule has 0 bridgehead atoms. The molecule has 0 amide bonds. The summed E-state index contributed by atoms with van der Waals surface area (Å²) in [6.45, 7) is 2.35. The minimum Gasteiger partial charge on any atom is -0.505 e. The molecule has 0 spiro atoms. The van der Waals surface area contributed by atoms with Crippen molar-refractivity contribution in [3.05, 3.63) is 69.0 Å². The first-order chi connectivity index (χ1) is 10.0. The molecule has 5 nitrogen and oxygen atoms in total. The predicted octanol–water partition coefficient (Wildman–Crippen LogP) is 3.04. The van der Waals surface area contributed by atoms with E-state index >= 15 is 0 Å². The van der Waals surface area contributed by atoms with E-state index in [1.165, 1.54) is 18.2 Å². The van der Waals surface area contributed by atoms with Crippen molar-refractivity contribution in [2.45, 2.75) is 20.0 Å². The van der Waals surface area contributed by atoms with Gasteiger partial charge in [0, 0.05) is 30.3 Å². The maximum absolute atomic E-state index is 13.2. The summed E-state index contributed by atoms with van der Waals surface area (Å²) in [7, 11) is 0. The van der Waals surface area contributed by atoms with Gasteiger partial charge >= 0.3 is 0 Å². The third-order valence-corrected chi connectivity index (χ3v) is 3.32. The maximum Gasteiger partial charge on any atom is 0.272 e. The summed E-state index contributed by atoms with van der Waals surface area (Å²) in [5.74, 6) is -1.04. The van der Waals surface area contributed by atoms with Gasteiger partial charge in [-0.25, -0.2) is 4.39 Å². The van der Waals surface area contributed by atoms with Crippen LogP contribution < -0.4 is 5.32 Å². The molecule has 0 aliphatic rings. The molecule has 0 saturated heterocycles. The number of benzene rings is 2. The van der Waals surface area contributed by atoms with Crippen molar-refractivity contribution in [3.8, 4) is 5.75 Å². The summed E-state index contributed by atoms with van der Waals surface area (Å²) in [5.41, 5.74) is 1.90. The highest BCUT2D eigenvalue weighted by atomic mass is 19.1. The molecule has 0 aliphatic heterocycles. The molecule has 0 saturated carbocycles. The normalized spacial score (nSPS) is 10.6. The number of halogens is 1. The average Bonchev–Trinajstić information content (AvgIpc) is 2.45. The number of nitrogens with zero attached hydrogens (tertiary/aromatic N) is 1. The number of nitrogens with one attached hydrogen (secondary N) is 1. The Labute approximate surface area is 121 Å². The van der Waals surface area contributed by atoms with Gasteiger partial charge in [0.05, 0.1) is 4.92 Å². The molecule has 2 aromatic carbocycles. The second-order valence-electron chi connectivity index (χ2n) is 4.67. The lowest BCUT2D eigenvalue weighted by Gasteiger charge is -2.09. The summed E-state index contributed by atoms with van der Waals surface area (Å²) in [5, 5.41) is 23.5. The van der Waals surface area contributed by atoms with Crippen LogP contribution in [0.2, 0.25) is 0 Å². The Hall–Kier alpha value is -2.47. The standard InChI is InChI=1S/C15H15FN2O3/c1-10-11(4-3-7-14(10)18(20)21)8-17-9-12-5-2-6-13(16)15(12)19/h2-7,17,19H,8-9H2,1H3. The molecule has 0 fully saturated rings. The van der Waals surface area contributed by atoms with Crippen LogP contribution in [0.4, 0.5) is 10.1 Å². The summed E-state index contributed by atoms with van der Waals surface area (Å²) >= 11 is 0. The van der Waals surface area contributed by atoms with Gasteiger partial charge in [-0.05, 0) is 18.6 Å². The second kappa shape index (κ2) is 6.32. The number of para-hydroxylation sites is 1. The van der Waals surface area contributed by atoms with Crippen LogP contribution >= 0.6 is 0 Å². The smallest absolute Gasteiger partial charge is 0.272 e. The van der Waals surface area contributed by atoms with Gasteiger partial charge in [-0.2, -0.15) is 0 Å². The van der Waals surface area contributed by atoms with Crippen LogP contribution in [0.5, 0.6) is 5.75 Å². The van der Waals surface area contributed by atoms with E-state index in [1.54, 1.807) is 25.1 Å². The number of hydrogen-bond acceptors (Lipinski definition) is 4. The third-order valence-electron chi connectivity index (χ3n) is 3.32. The highest BCUT2D eigenvalue weighted by Crippen LogP contribution is 2.22. The number of aromatic hydroxyl groups is 1. The lowest BCUT2D eigenvalue weighted by Crippen LogP contribution is -2.14. The monoisotopic (exact) mass is 290 g/mol. The number of nitro benzene ring substituents is 1. The van der Waals surface area contributed by atoms with Gasteiger partial charge in [0.2, 0.25) is 0 Å². The van der Waals surface area contributed by atoms with Gasteiger partial charge in [-0.1, -0.05) is 24.3 Å². The highest BCUT2D eigenvalue weighted by molar-refractivity contribution is 5.44. The Bertz CT molecular complexity index is 674. The summed E-state index contributed by atoms with van der Waals surface area (Å²) in [6, 6.07) is 9.19. The van der Waals surface area contributed by atoms with Crippen LogP contribution in [0.3, 0.4) is 0 Å². The SMILES string of the molecule is Cc1c(CNCc2cccc(F)c2O)cccc1[N+](=O)[O-].